The number of furan rings is 1. The summed E-state index contributed by atoms with van der Waals surface area (Å²) in [5.41, 5.74) is 1.46. The third kappa shape index (κ3) is 3.36. The van der Waals surface area contributed by atoms with Crippen molar-refractivity contribution in [1.29, 1.82) is 0 Å². The highest BCUT2D eigenvalue weighted by Gasteiger charge is 2.16. The van der Waals surface area contributed by atoms with Gasteiger partial charge in [-0.25, -0.2) is 4.98 Å². The number of nitrogens with one attached hydrogen (secondary N) is 1. The summed E-state index contributed by atoms with van der Waals surface area (Å²) in [5, 5.41) is 0.891. The molecule has 1 N–H and O–H groups in total. The highest BCUT2D eigenvalue weighted by Crippen LogP contribution is 2.24. The Balaban J connectivity index is 1.94. The molecule has 0 bridgehead atoms. The van der Waals surface area contributed by atoms with Gasteiger partial charge < -0.3 is 9.40 Å². The summed E-state index contributed by atoms with van der Waals surface area (Å²) in [4.78, 5) is 22.3. The van der Waals surface area contributed by atoms with Gasteiger partial charge >= 0.3 is 0 Å². The number of fused-ring (bicyclic) bond motifs is 3. The van der Waals surface area contributed by atoms with Gasteiger partial charge in [-0.1, -0.05) is 31.9 Å². The molecule has 0 unspecified atom stereocenters. The zero-order valence-electron chi connectivity index (χ0n) is 14.6. The molecule has 0 fully saturated rings. The monoisotopic (exact) mass is 327 g/mol. The zero-order chi connectivity index (χ0) is 17.1. The van der Waals surface area contributed by atoms with Gasteiger partial charge in [-0.3, -0.25) is 9.69 Å². The minimum atomic E-state index is -0.205. The molecular weight excluding hydrogens is 302 g/mol. The van der Waals surface area contributed by atoms with E-state index >= 15 is 0 Å². The molecule has 3 aromatic rings. The van der Waals surface area contributed by atoms with Gasteiger partial charge in [0, 0.05) is 11.4 Å². The minimum absolute atomic E-state index is 0.205. The standard InChI is InChI=1S/C19H25N3O2/c1-4-5-8-11-22(13(2)3)12-16-20-17-14-9-6-7-10-15(14)24-18(17)19(23)21-16/h6-7,9-10,13H,4-5,8,11-12H2,1-3H3,(H,20,21,23). The average molecular weight is 327 g/mol. The number of H-pyrrole nitrogens is 1. The Hall–Kier alpha value is -2.14. The summed E-state index contributed by atoms with van der Waals surface area (Å²) in [6.45, 7) is 8.22. The Morgan fingerprint density at radius 3 is 2.79 bits per heavy atom. The summed E-state index contributed by atoms with van der Waals surface area (Å²) in [6.07, 6.45) is 3.59. The van der Waals surface area contributed by atoms with Gasteiger partial charge in [-0.05, 0) is 38.9 Å². The van der Waals surface area contributed by atoms with Crippen molar-refractivity contribution >= 4 is 22.1 Å². The molecule has 0 saturated heterocycles. The zero-order valence-corrected chi connectivity index (χ0v) is 14.6. The van der Waals surface area contributed by atoms with E-state index in [-0.39, 0.29) is 5.56 Å². The molecule has 128 valence electrons. The lowest BCUT2D eigenvalue weighted by Gasteiger charge is -2.25. The van der Waals surface area contributed by atoms with Crippen LogP contribution in [0.5, 0.6) is 0 Å². The first-order valence-corrected chi connectivity index (χ1v) is 8.74. The van der Waals surface area contributed by atoms with Crippen LogP contribution < -0.4 is 5.56 Å². The van der Waals surface area contributed by atoms with Gasteiger partial charge in [-0.15, -0.1) is 0 Å². The molecule has 0 aliphatic rings. The molecule has 0 spiro atoms. The molecule has 0 atom stereocenters. The van der Waals surface area contributed by atoms with E-state index in [0.29, 0.717) is 35.1 Å². The van der Waals surface area contributed by atoms with Crippen LogP contribution in [0.4, 0.5) is 0 Å². The number of benzene rings is 1. The number of aromatic nitrogens is 2. The summed E-state index contributed by atoms with van der Waals surface area (Å²) in [6, 6.07) is 8.04. The van der Waals surface area contributed by atoms with Crippen LogP contribution in [-0.2, 0) is 6.54 Å². The Morgan fingerprint density at radius 1 is 1.25 bits per heavy atom. The van der Waals surface area contributed by atoms with Gasteiger partial charge in [0.2, 0.25) is 5.58 Å². The van der Waals surface area contributed by atoms with Crippen LogP contribution in [0, 0.1) is 0 Å². The van der Waals surface area contributed by atoms with Crippen LogP contribution in [0.3, 0.4) is 0 Å². The average Bonchev–Trinajstić information content (AvgIpc) is 2.93. The van der Waals surface area contributed by atoms with E-state index < -0.39 is 0 Å². The van der Waals surface area contributed by atoms with E-state index in [9.17, 15) is 4.79 Å². The van der Waals surface area contributed by atoms with E-state index in [0.717, 1.165) is 18.4 Å². The summed E-state index contributed by atoms with van der Waals surface area (Å²) < 4.78 is 5.65. The number of hydrogen-bond acceptors (Lipinski definition) is 4. The van der Waals surface area contributed by atoms with E-state index in [4.69, 9.17) is 4.42 Å². The summed E-state index contributed by atoms with van der Waals surface area (Å²) in [7, 11) is 0. The molecule has 3 rings (SSSR count). The molecule has 5 heteroatoms. The van der Waals surface area contributed by atoms with Gasteiger partial charge in [-0.2, -0.15) is 0 Å². The lowest BCUT2D eigenvalue weighted by Crippen LogP contribution is -2.32. The van der Waals surface area contributed by atoms with E-state index in [1.807, 2.05) is 24.3 Å². The molecule has 1 aromatic carbocycles. The third-order valence-corrected chi connectivity index (χ3v) is 4.41. The topological polar surface area (TPSA) is 62.1 Å². The maximum Gasteiger partial charge on any atom is 0.294 e. The molecular formula is C19H25N3O2. The van der Waals surface area contributed by atoms with Crippen molar-refractivity contribution in [3.8, 4) is 0 Å². The normalized spacial score (nSPS) is 12.0. The van der Waals surface area contributed by atoms with E-state index in [2.05, 4.69) is 35.6 Å². The molecule has 5 nitrogen and oxygen atoms in total. The van der Waals surface area contributed by atoms with Crippen LogP contribution in [-0.4, -0.2) is 27.5 Å². The third-order valence-electron chi connectivity index (χ3n) is 4.41. The molecule has 0 aliphatic carbocycles. The van der Waals surface area contributed by atoms with Crippen molar-refractivity contribution in [1.82, 2.24) is 14.9 Å². The first-order valence-electron chi connectivity index (χ1n) is 8.74. The molecule has 2 heterocycles. The predicted octanol–water partition coefficient (Wildman–Crippen LogP) is 4.07. The second kappa shape index (κ2) is 7.18. The summed E-state index contributed by atoms with van der Waals surface area (Å²) in [5.74, 6) is 0.698. The number of para-hydroxylation sites is 1. The lowest BCUT2D eigenvalue weighted by molar-refractivity contribution is 0.203. The fraction of sp³-hybridized carbons (Fsp3) is 0.474. The van der Waals surface area contributed by atoms with Crippen LogP contribution >= 0.6 is 0 Å². The van der Waals surface area contributed by atoms with Crippen molar-refractivity contribution < 1.29 is 4.42 Å². The number of nitrogens with zero attached hydrogens (tertiary/aromatic N) is 2. The molecule has 0 amide bonds. The second-order valence-electron chi connectivity index (χ2n) is 6.56. The highest BCUT2D eigenvalue weighted by atomic mass is 16.3. The van der Waals surface area contributed by atoms with Crippen molar-refractivity contribution in [3.05, 3.63) is 40.4 Å². The Kier molecular flexibility index (Phi) is 5.00. The lowest BCUT2D eigenvalue weighted by atomic mass is 10.2. The first-order chi connectivity index (χ1) is 11.6. The number of unbranched alkanes of at least 4 members (excludes halogenated alkanes) is 2. The quantitative estimate of drug-likeness (QED) is 0.664. The van der Waals surface area contributed by atoms with Crippen LogP contribution in [0.25, 0.3) is 22.1 Å². The van der Waals surface area contributed by atoms with Crippen molar-refractivity contribution in [3.63, 3.8) is 0 Å². The Morgan fingerprint density at radius 2 is 2.04 bits per heavy atom. The molecule has 0 aliphatic heterocycles. The fourth-order valence-electron chi connectivity index (χ4n) is 3.00. The van der Waals surface area contributed by atoms with E-state index in [1.54, 1.807) is 0 Å². The second-order valence-corrected chi connectivity index (χ2v) is 6.56. The number of rotatable bonds is 7. The van der Waals surface area contributed by atoms with Crippen molar-refractivity contribution in [2.24, 2.45) is 0 Å². The highest BCUT2D eigenvalue weighted by molar-refractivity contribution is 6.01. The predicted molar refractivity (Wildman–Crippen MR) is 97.2 cm³/mol. The van der Waals surface area contributed by atoms with Crippen molar-refractivity contribution in [2.45, 2.75) is 52.6 Å². The molecule has 2 aromatic heterocycles. The van der Waals surface area contributed by atoms with Crippen molar-refractivity contribution in [2.75, 3.05) is 6.54 Å². The van der Waals surface area contributed by atoms with Gasteiger partial charge in [0.15, 0.2) is 0 Å². The van der Waals surface area contributed by atoms with Crippen LogP contribution in [0.1, 0.15) is 45.9 Å². The van der Waals surface area contributed by atoms with Crippen LogP contribution in [0.15, 0.2) is 33.5 Å². The molecule has 0 saturated carbocycles. The Labute approximate surface area is 141 Å². The van der Waals surface area contributed by atoms with Gasteiger partial charge in [0.05, 0.1) is 6.54 Å². The fourth-order valence-corrected chi connectivity index (χ4v) is 3.00. The Bertz CT molecular complexity index is 879. The number of hydrogen-bond donors (Lipinski definition) is 1. The van der Waals surface area contributed by atoms with E-state index in [1.165, 1.54) is 12.8 Å². The smallest absolute Gasteiger partial charge is 0.294 e. The maximum atomic E-state index is 12.4. The van der Waals surface area contributed by atoms with Gasteiger partial charge in [0.1, 0.15) is 16.9 Å². The number of aromatic amines is 1. The molecule has 0 radical (unpaired) electrons. The summed E-state index contributed by atoms with van der Waals surface area (Å²) >= 11 is 0. The SMILES string of the molecule is CCCCCN(Cc1nc2c(oc3ccccc32)c(=O)[nH]1)C(C)C. The first kappa shape index (κ1) is 16.7. The largest absolute Gasteiger partial charge is 0.449 e. The minimum Gasteiger partial charge on any atom is -0.449 e. The van der Waals surface area contributed by atoms with Crippen LogP contribution in [0.2, 0.25) is 0 Å². The van der Waals surface area contributed by atoms with Gasteiger partial charge in [0.25, 0.3) is 5.56 Å². The maximum absolute atomic E-state index is 12.4. The molecule has 24 heavy (non-hydrogen) atoms.